The number of guanidine groups is 1. The van der Waals surface area contributed by atoms with E-state index < -0.39 is 0 Å². The van der Waals surface area contributed by atoms with Crippen LogP contribution in [0.1, 0.15) is 29.3 Å². The Labute approximate surface area is 189 Å². The van der Waals surface area contributed by atoms with Gasteiger partial charge < -0.3 is 10.2 Å². The van der Waals surface area contributed by atoms with Gasteiger partial charge in [0.1, 0.15) is 6.33 Å². The number of para-hydroxylation sites is 1. The van der Waals surface area contributed by atoms with E-state index in [9.17, 15) is 0 Å². The highest BCUT2D eigenvalue weighted by atomic mass is 127. The van der Waals surface area contributed by atoms with Crippen LogP contribution in [-0.2, 0) is 6.54 Å². The Hall–Kier alpha value is -2.42. The monoisotopic (exact) mass is 502 g/mol. The number of aromatic nitrogens is 3. The number of benzene rings is 2. The van der Waals surface area contributed by atoms with Gasteiger partial charge in [-0.05, 0) is 36.6 Å². The second kappa shape index (κ2) is 9.87. The first-order valence-electron chi connectivity index (χ1n) is 9.71. The van der Waals surface area contributed by atoms with E-state index in [1.54, 1.807) is 6.33 Å². The zero-order valence-electron chi connectivity index (χ0n) is 16.8. The molecule has 1 N–H and O–H groups in total. The third-order valence-corrected chi connectivity index (χ3v) is 5.39. The minimum absolute atomic E-state index is 0. The van der Waals surface area contributed by atoms with Gasteiger partial charge in [0.25, 0.3) is 0 Å². The van der Waals surface area contributed by atoms with Crippen molar-refractivity contribution in [2.75, 3.05) is 20.1 Å². The van der Waals surface area contributed by atoms with Crippen LogP contribution in [0.3, 0.4) is 0 Å². The zero-order chi connectivity index (χ0) is 19.3. The van der Waals surface area contributed by atoms with Gasteiger partial charge in [-0.25, -0.2) is 0 Å². The second-order valence-electron chi connectivity index (χ2n) is 7.14. The quantitative estimate of drug-likeness (QED) is 0.336. The molecule has 29 heavy (non-hydrogen) atoms. The number of rotatable bonds is 4. The number of nitrogens with zero attached hydrogens (tertiary/aromatic N) is 5. The fraction of sp³-hybridized carbons (Fsp3) is 0.318. The van der Waals surface area contributed by atoms with E-state index in [2.05, 4.69) is 68.7 Å². The van der Waals surface area contributed by atoms with Crippen molar-refractivity contribution in [3.8, 4) is 5.69 Å². The molecule has 0 spiro atoms. The maximum Gasteiger partial charge on any atom is 0.194 e. The molecule has 1 atom stereocenters. The smallest absolute Gasteiger partial charge is 0.194 e. The van der Waals surface area contributed by atoms with Gasteiger partial charge >= 0.3 is 0 Å². The molecule has 0 radical (unpaired) electrons. The third-order valence-electron chi connectivity index (χ3n) is 5.39. The lowest BCUT2D eigenvalue weighted by molar-refractivity contribution is 0.483. The van der Waals surface area contributed by atoms with E-state index >= 15 is 0 Å². The lowest BCUT2D eigenvalue weighted by atomic mass is 9.94. The Balaban J connectivity index is 0.00000240. The molecular formula is C22H27IN6. The van der Waals surface area contributed by atoms with Crippen molar-refractivity contribution in [2.45, 2.75) is 25.8 Å². The van der Waals surface area contributed by atoms with Crippen LogP contribution in [0.2, 0.25) is 0 Å². The summed E-state index contributed by atoms with van der Waals surface area (Å²) in [5.74, 6) is 2.33. The Morgan fingerprint density at radius 2 is 1.90 bits per heavy atom. The van der Waals surface area contributed by atoms with Gasteiger partial charge in [-0.1, -0.05) is 42.5 Å². The molecule has 1 saturated heterocycles. The average molecular weight is 502 g/mol. The molecule has 6 nitrogen and oxygen atoms in total. The molecule has 0 aliphatic carbocycles. The van der Waals surface area contributed by atoms with Crippen LogP contribution in [0.25, 0.3) is 5.69 Å². The van der Waals surface area contributed by atoms with Crippen molar-refractivity contribution < 1.29 is 0 Å². The lowest BCUT2D eigenvalue weighted by Crippen LogP contribution is -2.40. The number of aryl methyl sites for hydroxylation is 1. The summed E-state index contributed by atoms with van der Waals surface area (Å²) >= 11 is 0. The normalized spacial score (nSPS) is 16.6. The molecule has 1 aliphatic heterocycles. The largest absolute Gasteiger partial charge is 0.349 e. The molecule has 0 bridgehead atoms. The van der Waals surface area contributed by atoms with Crippen LogP contribution >= 0.6 is 24.0 Å². The highest BCUT2D eigenvalue weighted by Crippen LogP contribution is 2.29. The Bertz CT molecular complexity index is 953. The van der Waals surface area contributed by atoms with Gasteiger partial charge in [-0.2, -0.15) is 0 Å². The van der Waals surface area contributed by atoms with Crippen molar-refractivity contribution in [1.29, 1.82) is 0 Å². The maximum atomic E-state index is 4.50. The van der Waals surface area contributed by atoms with Crippen molar-refractivity contribution >= 4 is 29.9 Å². The van der Waals surface area contributed by atoms with Gasteiger partial charge in [0, 0.05) is 31.7 Å². The van der Waals surface area contributed by atoms with Gasteiger partial charge in [-0.15, -0.1) is 34.2 Å². The summed E-state index contributed by atoms with van der Waals surface area (Å²) < 4.78 is 2.00. The molecular weight excluding hydrogens is 475 g/mol. The van der Waals surface area contributed by atoms with Crippen LogP contribution in [0.4, 0.5) is 0 Å². The number of likely N-dealkylation sites (tertiary alicyclic amines) is 1. The summed E-state index contributed by atoms with van der Waals surface area (Å²) in [7, 11) is 1.84. The molecule has 2 heterocycles. The van der Waals surface area contributed by atoms with E-state index in [1.165, 1.54) is 11.1 Å². The molecule has 7 heteroatoms. The van der Waals surface area contributed by atoms with Crippen LogP contribution in [-0.4, -0.2) is 45.8 Å². The van der Waals surface area contributed by atoms with Crippen LogP contribution in [0, 0.1) is 6.92 Å². The predicted octanol–water partition coefficient (Wildman–Crippen LogP) is 3.76. The molecule has 152 valence electrons. The number of aliphatic imine (C=N–C) groups is 1. The molecule has 0 saturated carbocycles. The van der Waals surface area contributed by atoms with Crippen molar-refractivity contribution in [3.63, 3.8) is 0 Å². The highest BCUT2D eigenvalue weighted by Gasteiger charge is 2.27. The van der Waals surface area contributed by atoms with Crippen molar-refractivity contribution in [1.82, 2.24) is 25.0 Å². The summed E-state index contributed by atoms with van der Waals surface area (Å²) in [5.41, 5.74) is 3.87. The fourth-order valence-electron chi connectivity index (χ4n) is 3.93. The van der Waals surface area contributed by atoms with Gasteiger partial charge in [0.2, 0.25) is 0 Å². The lowest BCUT2D eigenvalue weighted by Gasteiger charge is -2.22. The zero-order valence-corrected chi connectivity index (χ0v) is 19.2. The molecule has 1 unspecified atom stereocenters. The molecule has 1 fully saturated rings. The topological polar surface area (TPSA) is 58.3 Å². The Morgan fingerprint density at radius 1 is 1.14 bits per heavy atom. The van der Waals surface area contributed by atoms with E-state index in [0.29, 0.717) is 12.5 Å². The van der Waals surface area contributed by atoms with E-state index in [0.717, 1.165) is 37.0 Å². The molecule has 1 aliphatic rings. The van der Waals surface area contributed by atoms with Crippen molar-refractivity contribution in [3.05, 3.63) is 77.9 Å². The standard InChI is InChI=1S/C22H26N6.HI/c1-17-8-6-7-11-20(17)18-12-13-27(15-18)22(23-2)24-14-21-26-25-16-28(21)19-9-4-3-5-10-19;/h3-11,16,18H,12-15H2,1-2H3,(H,23,24);1H. The number of hydrogen-bond donors (Lipinski definition) is 1. The molecule has 0 amide bonds. The van der Waals surface area contributed by atoms with E-state index in [1.807, 2.05) is 29.8 Å². The van der Waals surface area contributed by atoms with Crippen LogP contribution < -0.4 is 5.32 Å². The van der Waals surface area contributed by atoms with Gasteiger partial charge in [-0.3, -0.25) is 9.56 Å². The first-order chi connectivity index (χ1) is 13.8. The van der Waals surface area contributed by atoms with Gasteiger partial charge in [0.15, 0.2) is 11.8 Å². The highest BCUT2D eigenvalue weighted by molar-refractivity contribution is 14.0. The Morgan fingerprint density at radius 3 is 2.66 bits per heavy atom. The van der Waals surface area contributed by atoms with Gasteiger partial charge in [0.05, 0.1) is 6.54 Å². The third kappa shape index (κ3) is 4.77. The summed E-state index contributed by atoms with van der Waals surface area (Å²) in [4.78, 5) is 6.83. The summed E-state index contributed by atoms with van der Waals surface area (Å²) in [6.45, 7) is 4.76. The SMILES string of the molecule is CN=C(NCc1nncn1-c1ccccc1)N1CCC(c2ccccc2C)C1.I. The molecule has 4 rings (SSSR count). The minimum atomic E-state index is 0. The average Bonchev–Trinajstić information content (AvgIpc) is 3.40. The van der Waals surface area contributed by atoms with Crippen molar-refractivity contribution in [2.24, 2.45) is 4.99 Å². The fourth-order valence-corrected chi connectivity index (χ4v) is 3.93. The summed E-state index contributed by atoms with van der Waals surface area (Å²) in [6, 6.07) is 18.8. The maximum absolute atomic E-state index is 4.50. The Kier molecular flexibility index (Phi) is 7.24. The minimum Gasteiger partial charge on any atom is -0.349 e. The summed E-state index contributed by atoms with van der Waals surface area (Å²) in [5, 5.41) is 11.8. The first-order valence-corrected chi connectivity index (χ1v) is 9.71. The summed E-state index contributed by atoms with van der Waals surface area (Å²) in [6.07, 6.45) is 2.89. The second-order valence-corrected chi connectivity index (χ2v) is 7.14. The first kappa shape index (κ1) is 21.3. The molecule has 2 aromatic carbocycles. The molecule has 1 aromatic heterocycles. The number of halogens is 1. The van der Waals surface area contributed by atoms with Crippen LogP contribution in [0.15, 0.2) is 65.9 Å². The number of nitrogens with one attached hydrogen (secondary N) is 1. The van der Waals surface area contributed by atoms with E-state index in [4.69, 9.17) is 0 Å². The number of hydrogen-bond acceptors (Lipinski definition) is 3. The predicted molar refractivity (Wildman–Crippen MR) is 127 cm³/mol. The molecule has 3 aromatic rings. The van der Waals surface area contributed by atoms with E-state index in [-0.39, 0.29) is 24.0 Å². The van der Waals surface area contributed by atoms with Crippen LogP contribution in [0.5, 0.6) is 0 Å².